The van der Waals surface area contributed by atoms with Crippen molar-refractivity contribution in [3.05, 3.63) is 12.3 Å². The van der Waals surface area contributed by atoms with E-state index in [-0.39, 0.29) is 0 Å². The normalized spacial score (nSPS) is 13.2. The molecule has 0 aliphatic rings. The first kappa shape index (κ1) is 12.9. The molecule has 0 spiro atoms. The first-order valence-electron chi connectivity index (χ1n) is 5.62. The average Bonchev–Trinajstić information content (AvgIpc) is 2.17. The van der Waals surface area contributed by atoms with Crippen molar-refractivity contribution < 1.29 is 0 Å². The van der Waals surface area contributed by atoms with E-state index in [0.717, 1.165) is 0 Å². The summed E-state index contributed by atoms with van der Waals surface area (Å²) in [6.07, 6.45) is 5.30. The smallest absolute Gasteiger partial charge is 0.132 e. The van der Waals surface area contributed by atoms with Crippen molar-refractivity contribution in [3.8, 4) is 0 Å². The summed E-state index contributed by atoms with van der Waals surface area (Å²) in [6.45, 7) is 13.4. The molecule has 0 N–H and O–H groups in total. The third-order valence-corrected chi connectivity index (χ3v) is 4.87. The van der Waals surface area contributed by atoms with Crippen molar-refractivity contribution in [2.24, 2.45) is 0 Å². The van der Waals surface area contributed by atoms with Crippen LogP contribution in [0.15, 0.2) is 12.3 Å². The molecule has 0 heterocycles. The fourth-order valence-corrected chi connectivity index (χ4v) is 2.87. The Labute approximate surface area is 85.5 Å². The standard InChI is InChI=1S/C11H25NSi/c1-5-8-10-12(11-9-6-2)13(4)7-3/h7,13H,3,5-6,8-11H2,1-2,4H3. The fourth-order valence-electron chi connectivity index (χ4n) is 1.39. The van der Waals surface area contributed by atoms with E-state index < -0.39 is 8.96 Å². The first-order valence-corrected chi connectivity index (χ1v) is 7.96. The predicted octanol–water partition coefficient (Wildman–Crippen LogP) is 2.97. The summed E-state index contributed by atoms with van der Waals surface area (Å²) in [6, 6.07) is 0. The topological polar surface area (TPSA) is 3.24 Å². The summed E-state index contributed by atoms with van der Waals surface area (Å²) in [5, 5.41) is 0. The van der Waals surface area contributed by atoms with Gasteiger partial charge in [-0.3, -0.25) is 0 Å². The number of hydrogen-bond acceptors (Lipinski definition) is 1. The van der Waals surface area contributed by atoms with E-state index in [9.17, 15) is 0 Å². The molecule has 0 fully saturated rings. The fraction of sp³-hybridized carbons (Fsp3) is 0.818. The lowest BCUT2D eigenvalue weighted by molar-refractivity contribution is 0.415. The zero-order chi connectivity index (χ0) is 10.1. The highest BCUT2D eigenvalue weighted by atomic mass is 28.3. The van der Waals surface area contributed by atoms with Crippen LogP contribution in [0.25, 0.3) is 0 Å². The molecule has 0 rings (SSSR count). The molecule has 2 heteroatoms. The van der Waals surface area contributed by atoms with Gasteiger partial charge in [-0.25, -0.2) is 0 Å². The van der Waals surface area contributed by atoms with Crippen LogP contribution in [-0.4, -0.2) is 26.6 Å². The maximum absolute atomic E-state index is 3.92. The van der Waals surface area contributed by atoms with Gasteiger partial charge in [-0.1, -0.05) is 38.9 Å². The number of unbranched alkanes of at least 4 members (excludes halogenated alkanes) is 2. The van der Waals surface area contributed by atoms with Gasteiger partial charge in [0.25, 0.3) is 0 Å². The second-order valence-corrected chi connectivity index (χ2v) is 6.40. The van der Waals surface area contributed by atoms with E-state index in [2.05, 4.69) is 37.2 Å². The molecule has 0 radical (unpaired) electrons. The highest BCUT2D eigenvalue weighted by Crippen LogP contribution is 2.02. The van der Waals surface area contributed by atoms with Gasteiger partial charge in [0.2, 0.25) is 0 Å². The Bertz CT molecular complexity index is 117. The van der Waals surface area contributed by atoms with E-state index in [0.29, 0.717) is 0 Å². The Balaban J connectivity index is 3.79. The summed E-state index contributed by atoms with van der Waals surface area (Å²) in [5.41, 5.74) is 2.19. The lowest BCUT2D eigenvalue weighted by Crippen LogP contribution is -2.37. The molecule has 0 bridgehead atoms. The maximum atomic E-state index is 3.92. The molecule has 0 aromatic rings. The molecule has 1 atom stereocenters. The minimum Gasteiger partial charge on any atom is -0.323 e. The van der Waals surface area contributed by atoms with E-state index in [1.807, 2.05) is 0 Å². The van der Waals surface area contributed by atoms with Crippen molar-refractivity contribution in [2.75, 3.05) is 13.1 Å². The molecule has 0 aliphatic heterocycles. The number of hydrogen-bond donors (Lipinski definition) is 0. The summed E-state index contributed by atoms with van der Waals surface area (Å²) in [4.78, 5) is 0. The van der Waals surface area contributed by atoms with Crippen LogP contribution in [0.2, 0.25) is 6.55 Å². The highest BCUT2D eigenvalue weighted by molar-refractivity contribution is 6.59. The van der Waals surface area contributed by atoms with E-state index >= 15 is 0 Å². The van der Waals surface area contributed by atoms with Gasteiger partial charge in [-0.15, -0.1) is 6.58 Å². The number of nitrogens with zero attached hydrogens (tertiary/aromatic N) is 1. The summed E-state index contributed by atoms with van der Waals surface area (Å²) in [5.74, 6) is 0. The minimum absolute atomic E-state index is 0.762. The summed E-state index contributed by atoms with van der Waals surface area (Å²) < 4.78 is 2.67. The van der Waals surface area contributed by atoms with E-state index in [1.165, 1.54) is 38.8 Å². The lowest BCUT2D eigenvalue weighted by Gasteiger charge is -2.25. The van der Waals surface area contributed by atoms with E-state index in [4.69, 9.17) is 0 Å². The second kappa shape index (κ2) is 8.51. The summed E-state index contributed by atoms with van der Waals surface area (Å²) in [7, 11) is -0.762. The van der Waals surface area contributed by atoms with Crippen LogP contribution >= 0.6 is 0 Å². The molecule has 0 aromatic carbocycles. The van der Waals surface area contributed by atoms with Gasteiger partial charge in [0.05, 0.1) is 0 Å². The maximum Gasteiger partial charge on any atom is 0.132 e. The van der Waals surface area contributed by atoms with Gasteiger partial charge in [-0.2, -0.15) is 0 Å². The largest absolute Gasteiger partial charge is 0.323 e. The Morgan fingerprint density at radius 3 is 1.92 bits per heavy atom. The lowest BCUT2D eigenvalue weighted by atomic mass is 10.3. The molecule has 0 aromatic heterocycles. The zero-order valence-electron chi connectivity index (χ0n) is 9.55. The number of rotatable bonds is 8. The Morgan fingerprint density at radius 1 is 1.15 bits per heavy atom. The van der Waals surface area contributed by atoms with E-state index in [1.54, 1.807) is 0 Å². The van der Waals surface area contributed by atoms with Gasteiger partial charge < -0.3 is 4.57 Å². The van der Waals surface area contributed by atoms with Crippen LogP contribution in [0.4, 0.5) is 0 Å². The quantitative estimate of drug-likeness (QED) is 0.543. The summed E-state index contributed by atoms with van der Waals surface area (Å²) >= 11 is 0. The molecule has 1 unspecified atom stereocenters. The third-order valence-electron chi connectivity index (χ3n) is 2.51. The molecule has 78 valence electrons. The van der Waals surface area contributed by atoms with Crippen LogP contribution < -0.4 is 0 Å². The predicted molar refractivity (Wildman–Crippen MR) is 64.6 cm³/mol. The first-order chi connectivity index (χ1) is 6.26. The molecular formula is C11H25NSi. The van der Waals surface area contributed by atoms with Crippen LogP contribution in [0, 0.1) is 0 Å². The van der Waals surface area contributed by atoms with Gasteiger partial charge >= 0.3 is 0 Å². The monoisotopic (exact) mass is 199 g/mol. The highest BCUT2D eigenvalue weighted by Gasteiger charge is 2.09. The molecule has 0 amide bonds. The van der Waals surface area contributed by atoms with Gasteiger partial charge in [0.1, 0.15) is 8.96 Å². The van der Waals surface area contributed by atoms with Crippen LogP contribution in [0.1, 0.15) is 39.5 Å². The van der Waals surface area contributed by atoms with Crippen molar-refractivity contribution in [1.29, 1.82) is 0 Å². The van der Waals surface area contributed by atoms with Crippen molar-refractivity contribution in [2.45, 2.75) is 46.1 Å². The minimum atomic E-state index is -0.762. The molecule has 0 aliphatic carbocycles. The van der Waals surface area contributed by atoms with Gasteiger partial charge in [0, 0.05) is 0 Å². The Kier molecular flexibility index (Phi) is 8.46. The Morgan fingerprint density at radius 2 is 1.62 bits per heavy atom. The molecule has 13 heavy (non-hydrogen) atoms. The van der Waals surface area contributed by atoms with Gasteiger partial charge in [0.15, 0.2) is 0 Å². The third kappa shape index (κ3) is 6.05. The zero-order valence-corrected chi connectivity index (χ0v) is 10.7. The van der Waals surface area contributed by atoms with Gasteiger partial charge in [-0.05, 0) is 25.9 Å². The molecule has 1 nitrogen and oxygen atoms in total. The molecular weight excluding hydrogens is 174 g/mol. The van der Waals surface area contributed by atoms with Crippen LogP contribution in [0.5, 0.6) is 0 Å². The molecule has 0 saturated heterocycles. The van der Waals surface area contributed by atoms with Crippen LogP contribution in [-0.2, 0) is 0 Å². The SMILES string of the molecule is C=C[SiH](C)N(CCCC)CCCC. The Hall–Kier alpha value is -0.0831. The van der Waals surface area contributed by atoms with Crippen molar-refractivity contribution in [3.63, 3.8) is 0 Å². The second-order valence-electron chi connectivity index (χ2n) is 3.72. The van der Waals surface area contributed by atoms with Crippen molar-refractivity contribution in [1.82, 2.24) is 4.57 Å². The van der Waals surface area contributed by atoms with Crippen molar-refractivity contribution >= 4 is 8.96 Å². The average molecular weight is 199 g/mol. The molecule has 0 saturated carbocycles. The van der Waals surface area contributed by atoms with Crippen LogP contribution in [0.3, 0.4) is 0 Å².